The van der Waals surface area contributed by atoms with E-state index in [9.17, 15) is 14.7 Å². The van der Waals surface area contributed by atoms with Crippen molar-refractivity contribution in [3.05, 3.63) is 29.8 Å². The van der Waals surface area contributed by atoms with E-state index < -0.39 is 0 Å². The fraction of sp³-hybridized carbons (Fsp3) is 0.600. The van der Waals surface area contributed by atoms with Crippen LogP contribution in [0.5, 0.6) is 5.75 Å². The average Bonchev–Trinajstić information content (AvgIpc) is 2.78. The molecule has 1 spiro atoms. The topological polar surface area (TPSA) is 64.1 Å². The fourth-order valence-corrected chi connectivity index (χ4v) is 4.04. The van der Waals surface area contributed by atoms with Crippen molar-refractivity contribution in [2.24, 2.45) is 0 Å². The summed E-state index contributed by atoms with van der Waals surface area (Å²) < 4.78 is 0. The minimum Gasteiger partial charge on any atom is -0.508 e. The molecular formula is C20H29N3O3. The van der Waals surface area contributed by atoms with Gasteiger partial charge >= 0.3 is 0 Å². The molecule has 2 amide bonds. The fourth-order valence-electron chi connectivity index (χ4n) is 4.04. The Morgan fingerprint density at radius 1 is 1.12 bits per heavy atom. The first-order valence-corrected chi connectivity index (χ1v) is 9.40. The molecule has 6 heteroatoms. The van der Waals surface area contributed by atoms with Gasteiger partial charge in [-0.1, -0.05) is 12.1 Å². The summed E-state index contributed by atoms with van der Waals surface area (Å²) in [5, 5.41) is 9.36. The van der Waals surface area contributed by atoms with E-state index in [0.29, 0.717) is 25.8 Å². The van der Waals surface area contributed by atoms with Crippen LogP contribution in [0.15, 0.2) is 24.3 Å². The van der Waals surface area contributed by atoms with Crippen LogP contribution in [-0.4, -0.2) is 77.4 Å². The Morgan fingerprint density at radius 3 is 2.58 bits per heavy atom. The highest BCUT2D eigenvalue weighted by Gasteiger charge is 2.42. The summed E-state index contributed by atoms with van der Waals surface area (Å²) in [7, 11) is 3.98. The van der Waals surface area contributed by atoms with Crippen LogP contribution in [0.4, 0.5) is 0 Å². The number of hydrogen-bond acceptors (Lipinski definition) is 4. The maximum atomic E-state index is 12.8. The summed E-state index contributed by atoms with van der Waals surface area (Å²) >= 11 is 0. The van der Waals surface area contributed by atoms with Crippen LogP contribution < -0.4 is 0 Å². The molecule has 2 aliphatic rings. The van der Waals surface area contributed by atoms with Crippen molar-refractivity contribution in [2.75, 3.05) is 40.3 Å². The molecule has 6 nitrogen and oxygen atoms in total. The lowest BCUT2D eigenvalue weighted by Crippen LogP contribution is -2.62. The number of nitrogens with zero attached hydrogens (tertiary/aromatic N) is 3. The Balaban J connectivity index is 1.62. The van der Waals surface area contributed by atoms with E-state index in [1.54, 1.807) is 12.1 Å². The summed E-state index contributed by atoms with van der Waals surface area (Å²) in [4.78, 5) is 31.0. The van der Waals surface area contributed by atoms with Gasteiger partial charge < -0.3 is 14.9 Å². The van der Waals surface area contributed by atoms with Gasteiger partial charge in [0.25, 0.3) is 0 Å². The minimum absolute atomic E-state index is 0.0904. The standard InChI is InChI=1S/C20H29N3O3/c1-21-12-11-20(10-9-18(21)25)15-23(14-13-22(20)2)19(26)8-5-16-3-6-17(24)7-4-16/h3-4,6-7,24H,5,8-15H2,1-2H3. The molecule has 1 N–H and O–H groups in total. The van der Waals surface area contributed by atoms with Crippen LogP contribution in [0.3, 0.4) is 0 Å². The molecule has 142 valence electrons. The summed E-state index contributed by atoms with van der Waals surface area (Å²) in [5.74, 6) is 0.620. The quantitative estimate of drug-likeness (QED) is 0.888. The molecule has 0 radical (unpaired) electrons. The van der Waals surface area contributed by atoms with Gasteiger partial charge in [-0.3, -0.25) is 14.5 Å². The van der Waals surface area contributed by atoms with Crippen LogP contribution >= 0.6 is 0 Å². The molecule has 0 bridgehead atoms. The molecule has 3 rings (SSSR count). The molecule has 2 aliphatic heterocycles. The first-order valence-electron chi connectivity index (χ1n) is 9.40. The lowest BCUT2D eigenvalue weighted by Gasteiger charge is -2.49. The SMILES string of the molecule is CN1CCC2(CCC1=O)CN(C(=O)CCc1ccc(O)cc1)CCN2C. The lowest BCUT2D eigenvalue weighted by atomic mass is 9.86. The Bertz CT molecular complexity index is 661. The van der Waals surface area contributed by atoms with Crippen LogP contribution in [0, 0.1) is 0 Å². The molecule has 1 unspecified atom stereocenters. The van der Waals surface area contributed by atoms with Gasteiger partial charge in [0.05, 0.1) is 0 Å². The maximum absolute atomic E-state index is 12.8. The maximum Gasteiger partial charge on any atom is 0.223 e. The van der Waals surface area contributed by atoms with E-state index in [2.05, 4.69) is 11.9 Å². The van der Waals surface area contributed by atoms with Crippen molar-refractivity contribution in [1.29, 1.82) is 0 Å². The van der Waals surface area contributed by atoms with Crippen LogP contribution in [0.1, 0.15) is 31.2 Å². The van der Waals surface area contributed by atoms with Gasteiger partial charge in [-0.2, -0.15) is 0 Å². The molecule has 0 aliphatic carbocycles. The smallest absolute Gasteiger partial charge is 0.223 e. The molecular weight excluding hydrogens is 330 g/mol. The second-order valence-electron chi connectivity index (χ2n) is 7.69. The van der Waals surface area contributed by atoms with Gasteiger partial charge in [0.1, 0.15) is 5.75 Å². The number of carbonyl (C=O) groups excluding carboxylic acids is 2. The average molecular weight is 359 g/mol. The Labute approximate surface area is 155 Å². The van der Waals surface area contributed by atoms with Crippen LogP contribution in [0.2, 0.25) is 0 Å². The number of likely N-dealkylation sites (tertiary alicyclic amines) is 1. The van der Waals surface area contributed by atoms with Gasteiger partial charge in [0.2, 0.25) is 11.8 Å². The zero-order chi connectivity index (χ0) is 18.7. The van der Waals surface area contributed by atoms with E-state index in [1.165, 1.54) is 0 Å². The normalized spacial score (nSPS) is 24.8. The number of rotatable bonds is 3. The second kappa shape index (κ2) is 7.66. The van der Waals surface area contributed by atoms with Crippen molar-refractivity contribution in [3.63, 3.8) is 0 Å². The number of aromatic hydroxyl groups is 1. The molecule has 2 fully saturated rings. The molecule has 0 saturated carbocycles. The van der Waals surface area contributed by atoms with E-state index >= 15 is 0 Å². The molecule has 26 heavy (non-hydrogen) atoms. The monoisotopic (exact) mass is 359 g/mol. The van der Waals surface area contributed by atoms with Crippen LogP contribution in [0.25, 0.3) is 0 Å². The first-order chi connectivity index (χ1) is 12.4. The van der Waals surface area contributed by atoms with Crippen molar-refractivity contribution in [3.8, 4) is 5.75 Å². The number of piperazine rings is 1. The van der Waals surface area contributed by atoms with E-state index in [0.717, 1.165) is 38.0 Å². The Hall–Kier alpha value is -2.08. The Morgan fingerprint density at radius 2 is 1.85 bits per heavy atom. The van der Waals surface area contributed by atoms with Crippen LogP contribution in [-0.2, 0) is 16.0 Å². The van der Waals surface area contributed by atoms with Gasteiger partial charge in [-0.05, 0) is 44.0 Å². The third kappa shape index (κ3) is 4.01. The first kappa shape index (κ1) is 18.7. The van der Waals surface area contributed by atoms with Crippen molar-refractivity contribution in [2.45, 2.75) is 37.6 Å². The summed E-state index contributed by atoms with van der Waals surface area (Å²) in [6.07, 6.45) is 3.43. The second-order valence-corrected chi connectivity index (χ2v) is 7.69. The number of benzene rings is 1. The summed E-state index contributed by atoms with van der Waals surface area (Å²) in [6.45, 7) is 3.05. The molecule has 2 saturated heterocycles. The van der Waals surface area contributed by atoms with Crippen molar-refractivity contribution < 1.29 is 14.7 Å². The molecule has 1 atom stereocenters. The van der Waals surface area contributed by atoms with Gasteiger partial charge in [0.15, 0.2) is 0 Å². The minimum atomic E-state index is -0.0904. The zero-order valence-electron chi connectivity index (χ0n) is 15.8. The predicted molar refractivity (Wildman–Crippen MR) is 99.9 cm³/mol. The number of phenols is 1. The van der Waals surface area contributed by atoms with Crippen molar-refractivity contribution >= 4 is 11.8 Å². The number of likely N-dealkylation sites (N-methyl/N-ethyl adjacent to an activating group) is 1. The Kier molecular flexibility index (Phi) is 5.51. The van der Waals surface area contributed by atoms with Crippen molar-refractivity contribution in [1.82, 2.24) is 14.7 Å². The predicted octanol–water partition coefficient (Wildman–Crippen LogP) is 1.48. The third-order valence-corrected chi connectivity index (χ3v) is 6.06. The molecule has 0 aromatic heterocycles. The van der Waals surface area contributed by atoms with E-state index in [-0.39, 0.29) is 23.1 Å². The lowest BCUT2D eigenvalue weighted by molar-refractivity contribution is -0.136. The molecule has 1 aromatic carbocycles. The highest BCUT2D eigenvalue weighted by atomic mass is 16.3. The largest absolute Gasteiger partial charge is 0.508 e. The molecule has 1 aromatic rings. The van der Waals surface area contributed by atoms with E-state index in [4.69, 9.17) is 0 Å². The van der Waals surface area contributed by atoms with Gasteiger partial charge in [-0.25, -0.2) is 0 Å². The highest BCUT2D eigenvalue weighted by Crippen LogP contribution is 2.32. The zero-order valence-corrected chi connectivity index (χ0v) is 15.8. The molecule has 2 heterocycles. The number of amides is 2. The number of aryl methyl sites for hydroxylation is 1. The number of phenolic OH excluding ortho intramolecular Hbond substituents is 1. The van der Waals surface area contributed by atoms with E-state index in [1.807, 2.05) is 29.0 Å². The summed E-state index contributed by atoms with van der Waals surface area (Å²) in [5.41, 5.74) is 0.967. The summed E-state index contributed by atoms with van der Waals surface area (Å²) in [6, 6.07) is 7.04. The third-order valence-electron chi connectivity index (χ3n) is 6.06. The number of carbonyl (C=O) groups is 2. The van der Waals surface area contributed by atoms with Gasteiger partial charge in [0, 0.05) is 51.6 Å². The number of hydrogen-bond donors (Lipinski definition) is 1. The van der Waals surface area contributed by atoms with Gasteiger partial charge in [-0.15, -0.1) is 0 Å². The highest BCUT2D eigenvalue weighted by molar-refractivity contribution is 5.77.